The fraction of sp³-hybridized carbons (Fsp3) is 0.333. The third-order valence-electron chi connectivity index (χ3n) is 1.12. The van der Waals surface area contributed by atoms with E-state index in [1.54, 1.807) is 0 Å². The van der Waals surface area contributed by atoms with Crippen molar-refractivity contribution in [3.63, 3.8) is 0 Å². The number of aliphatic imine (C=N–C) groups is 1. The van der Waals surface area contributed by atoms with Crippen molar-refractivity contribution >= 4 is 34.6 Å². The highest BCUT2D eigenvalue weighted by molar-refractivity contribution is 14.1. The zero-order valence-corrected chi connectivity index (χ0v) is 7.28. The van der Waals surface area contributed by atoms with E-state index in [0.717, 1.165) is 5.70 Å². The fourth-order valence-corrected chi connectivity index (χ4v) is 1.02. The molecule has 0 radical (unpaired) electrons. The van der Waals surface area contributed by atoms with Gasteiger partial charge in [-0.1, -0.05) is 22.6 Å². The van der Waals surface area contributed by atoms with Crippen LogP contribution in [0.1, 0.15) is 0 Å². The van der Waals surface area contributed by atoms with Gasteiger partial charge >= 0.3 is 0 Å². The summed E-state index contributed by atoms with van der Waals surface area (Å²) in [6, 6.07) is 0. The molecule has 3 nitrogen and oxygen atoms in total. The number of ketones is 1. The Morgan fingerprint density at radius 2 is 2.50 bits per heavy atom. The van der Waals surface area contributed by atoms with E-state index in [9.17, 15) is 4.79 Å². The van der Waals surface area contributed by atoms with E-state index >= 15 is 0 Å². The van der Waals surface area contributed by atoms with E-state index in [1.165, 1.54) is 12.3 Å². The van der Waals surface area contributed by atoms with Gasteiger partial charge in [0.05, 0.1) is 5.70 Å². The number of carbonyl (C=O) groups is 1. The van der Waals surface area contributed by atoms with E-state index in [0.29, 0.717) is 4.43 Å². The molecule has 10 heavy (non-hydrogen) atoms. The van der Waals surface area contributed by atoms with Crippen molar-refractivity contribution in [2.45, 2.75) is 6.10 Å². The molecule has 1 aliphatic rings. The van der Waals surface area contributed by atoms with E-state index in [1.807, 2.05) is 0 Å². The van der Waals surface area contributed by atoms with Gasteiger partial charge in [-0.2, -0.15) is 0 Å². The lowest BCUT2D eigenvalue weighted by Gasteiger charge is -2.06. The molecule has 0 saturated carbocycles. The number of rotatable bonds is 1. The van der Waals surface area contributed by atoms with Gasteiger partial charge in [-0.05, 0) is 0 Å². The third-order valence-corrected chi connectivity index (χ3v) is 1.90. The fourth-order valence-electron chi connectivity index (χ4n) is 0.600. The van der Waals surface area contributed by atoms with Crippen LogP contribution in [-0.2, 0) is 4.79 Å². The standard InChI is InChI=1S/C6H6INO2/c7-2-4-1-5(9)6(10)3-8-4/h1,3,6,10H,2H2. The summed E-state index contributed by atoms with van der Waals surface area (Å²) in [6.45, 7) is 0. The smallest absolute Gasteiger partial charge is 0.191 e. The first kappa shape index (κ1) is 7.87. The quantitative estimate of drug-likeness (QED) is 0.539. The first-order valence-corrected chi connectivity index (χ1v) is 4.29. The van der Waals surface area contributed by atoms with Gasteiger partial charge < -0.3 is 5.11 Å². The summed E-state index contributed by atoms with van der Waals surface area (Å²) < 4.78 is 0.701. The van der Waals surface area contributed by atoms with Crippen LogP contribution in [-0.4, -0.2) is 27.6 Å². The highest BCUT2D eigenvalue weighted by Gasteiger charge is 2.14. The average Bonchev–Trinajstić information content (AvgIpc) is 1.95. The predicted octanol–water partition coefficient (Wildman–Crippen LogP) is 0.320. The minimum atomic E-state index is -1.02. The van der Waals surface area contributed by atoms with Gasteiger partial charge in [-0.3, -0.25) is 9.79 Å². The van der Waals surface area contributed by atoms with Crippen LogP contribution in [0.25, 0.3) is 0 Å². The molecule has 0 aliphatic carbocycles. The normalized spacial score (nSPS) is 24.8. The number of aliphatic hydroxyl groups is 1. The second-order valence-corrected chi connectivity index (χ2v) is 2.66. The lowest BCUT2D eigenvalue weighted by Crippen LogP contribution is -2.22. The lowest BCUT2D eigenvalue weighted by molar-refractivity contribution is -0.119. The van der Waals surface area contributed by atoms with E-state index < -0.39 is 6.10 Å². The number of aliphatic hydroxyl groups excluding tert-OH is 1. The van der Waals surface area contributed by atoms with Gasteiger partial charge in [0.25, 0.3) is 0 Å². The topological polar surface area (TPSA) is 49.7 Å². The molecule has 0 fully saturated rings. The largest absolute Gasteiger partial charge is 0.379 e. The van der Waals surface area contributed by atoms with Crippen LogP contribution in [0, 0.1) is 0 Å². The monoisotopic (exact) mass is 251 g/mol. The molecule has 0 spiro atoms. The summed E-state index contributed by atoms with van der Waals surface area (Å²) in [5.41, 5.74) is 0.718. The molecule has 0 bridgehead atoms. The molecule has 1 N–H and O–H groups in total. The number of hydrogen-bond donors (Lipinski definition) is 1. The van der Waals surface area contributed by atoms with Crippen LogP contribution in [0.2, 0.25) is 0 Å². The summed E-state index contributed by atoms with van der Waals surface area (Å²) >= 11 is 2.11. The molecule has 0 amide bonds. The van der Waals surface area contributed by atoms with Crippen molar-refractivity contribution in [1.29, 1.82) is 0 Å². The molecule has 4 heteroatoms. The summed E-state index contributed by atoms with van der Waals surface area (Å²) in [6.07, 6.45) is 1.61. The van der Waals surface area contributed by atoms with Crippen molar-refractivity contribution in [3.8, 4) is 0 Å². The highest BCUT2D eigenvalue weighted by atomic mass is 127. The van der Waals surface area contributed by atoms with Crippen LogP contribution < -0.4 is 0 Å². The van der Waals surface area contributed by atoms with Crippen molar-refractivity contribution in [2.75, 3.05) is 4.43 Å². The first-order chi connectivity index (χ1) is 4.74. The second-order valence-electron chi connectivity index (χ2n) is 1.89. The minimum Gasteiger partial charge on any atom is -0.379 e. The van der Waals surface area contributed by atoms with Gasteiger partial charge in [-0.25, -0.2) is 0 Å². The van der Waals surface area contributed by atoms with Crippen LogP contribution in [0.4, 0.5) is 0 Å². The summed E-state index contributed by atoms with van der Waals surface area (Å²) in [4.78, 5) is 14.6. The Hall–Kier alpha value is -0.230. The Morgan fingerprint density at radius 1 is 1.80 bits per heavy atom. The van der Waals surface area contributed by atoms with Gasteiger partial charge in [0.15, 0.2) is 11.9 Å². The third kappa shape index (κ3) is 1.63. The molecule has 0 aromatic carbocycles. The van der Waals surface area contributed by atoms with Gasteiger partial charge in [-0.15, -0.1) is 0 Å². The highest BCUT2D eigenvalue weighted by Crippen LogP contribution is 2.06. The molecule has 1 atom stereocenters. The summed E-state index contributed by atoms with van der Waals surface area (Å²) in [7, 11) is 0. The molecular formula is C6H6INO2. The molecule has 1 aliphatic heterocycles. The van der Waals surface area contributed by atoms with Crippen molar-refractivity contribution in [1.82, 2.24) is 0 Å². The number of hydrogen-bond acceptors (Lipinski definition) is 3. The Labute approximate surface area is 72.0 Å². The Bertz CT molecular complexity index is 210. The van der Waals surface area contributed by atoms with Crippen LogP contribution in [0.3, 0.4) is 0 Å². The maximum Gasteiger partial charge on any atom is 0.191 e. The average molecular weight is 251 g/mol. The van der Waals surface area contributed by atoms with Crippen molar-refractivity contribution in [2.24, 2.45) is 4.99 Å². The number of nitrogens with zero attached hydrogens (tertiary/aromatic N) is 1. The van der Waals surface area contributed by atoms with Crippen LogP contribution >= 0.6 is 22.6 Å². The van der Waals surface area contributed by atoms with Gasteiger partial charge in [0.1, 0.15) is 0 Å². The summed E-state index contributed by atoms with van der Waals surface area (Å²) in [5.74, 6) is -0.276. The van der Waals surface area contributed by atoms with Crippen molar-refractivity contribution < 1.29 is 9.90 Å². The molecule has 0 saturated heterocycles. The Morgan fingerprint density at radius 3 is 3.00 bits per heavy atom. The number of carbonyl (C=O) groups excluding carboxylic acids is 1. The van der Waals surface area contributed by atoms with Crippen LogP contribution in [0.5, 0.6) is 0 Å². The van der Waals surface area contributed by atoms with Crippen molar-refractivity contribution in [3.05, 3.63) is 11.8 Å². The zero-order valence-electron chi connectivity index (χ0n) is 5.12. The number of halogens is 1. The number of allylic oxidation sites excluding steroid dienone is 1. The molecule has 0 aromatic rings. The van der Waals surface area contributed by atoms with Crippen LogP contribution in [0.15, 0.2) is 16.8 Å². The Kier molecular flexibility index (Phi) is 2.56. The lowest BCUT2D eigenvalue weighted by atomic mass is 10.2. The summed E-state index contributed by atoms with van der Waals surface area (Å²) in [5, 5.41) is 8.85. The first-order valence-electron chi connectivity index (χ1n) is 2.76. The molecule has 1 heterocycles. The SMILES string of the molecule is O=C1C=C(CI)N=CC1O. The van der Waals surface area contributed by atoms with E-state index in [4.69, 9.17) is 5.11 Å². The second kappa shape index (κ2) is 3.25. The molecule has 0 aromatic heterocycles. The predicted molar refractivity (Wildman–Crippen MR) is 46.5 cm³/mol. The molecular weight excluding hydrogens is 245 g/mol. The van der Waals surface area contributed by atoms with E-state index in [-0.39, 0.29) is 5.78 Å². The molecule has 1 unspecified atom stereocenters. The minimum absolute atomic E-state index is 0.276. The maximum atomic E-state index is 10.7. The van der Waals surface area contributed by atoms with E-state index in [2.05, 4.69) is 27.6 Å². The van der Waals surface area contributed by atoms with Gasteiger partial charge in [0, 0.05) is 16.7 Å². The number of alkyl halides is 1. The zero-order chi connectivity index (χ0) is 7.56. The Balaban J connectivity index is 2.76. The molecule has 1 rings (SSSR count). The van der Waals surface area contributed by atoms with Gasteiger partial charge in [0.2, 0.25) is 0 Å². The maximum absolute atomic E-state index is 10.7. The molecule has 54 valence electrons.